The average molecular weight is 252 g/mol. The number of aryl methyl sites for hydroxylation is 1. The van der Waals surface area contributed by atoms with Gasteiger partial charge in [-0.25, -0.2) is 0 Å². The van der Waals surface area contributed by atoms with Crippen molar-refractivity contribution < 1.29 is 9.59 Å². The third-order valence-electron chi connectivity index (χ3n) is 2.91. The molecule has 2 N–H and O–H groups in total. The minimum Gasteiger partial charge on any atom is -0.354 e. The highest BCUT2D eigenvalue weighted by molar-refractivity contribution is 7.12. The third kappa shape index (κ3) is 2.85. The molecule has 0 bridgehead atoms. The number of carbonyl (C=O) groups is 2. The first kappa shape index (κ1) is 12.1. The van der Waals surface area contributed by atoms with E-state index in [0.717, 1.165) is 24.8 Å². The molecule has 1 aromatic heterocycles. The molecule has 0 aromatic carbocycles. The molecule has 1 fully saturated rings. The SMILES string of the molecule is Cc1ccsc1C(=O)N[C@@H]1CCCCNC1=O. The lowest BCUT2D eigenvalue weighted by molar-refractivity contribution is -0.122. The van der Waals surface area contributed by atoms with Crippen molar-refractivity contribution in [3.63, 3.8) is 0 Å². The molecule has 0 unspecified atom stereocenters. The molecule has 5 heteroatoms. The smallest absolute Gasteiger partial charge is 0.262 e. The molecule has 2 heterocycles. The summed E-state index contributed by atoms with van der Waals surface area (Å²) in [6.07, 6.45) is 2.67. The van der Waals surface area contributed by atoms with Crippen LogP contribution in [0.3, 0.4) is 0 Å². The van der Waals surface area contributed by atoms with Crippen molar-refractivity contribution in [3.05, 3.63) is 21.9 Å². The first-order valence-electron chi connectivity index (χ1n) is 5.81. The predicted octanol–water partition coefficient (Wildman–Crippen LogP) is 1.46. The molecule has 4 nitrogen and oxygen atoms in total. The van der Waals surface area contributed by atoms with Gasteiger partial charge in [0.05, 0.1) is 4.88 Å². The van der Waals surface area contributed by atoms with Gasteiger partial charge in [-0.05, 0) is 43.2 Å². The van der Waals surface area contributed by atoms with Gasteiger partial charge in [0.1, 0.15) is 6.04 Å². The molecule has 0 spiro atoms. The van der Waals surface area contributed by atoms with Crippen molar-refractivity contribution >= 4 is 23.2 Å². The van der Waals surface area contributed by atoms with E-state index in [1.54, 1.807) is 0 Å². The van der Waals surface area contributed by atoms with E-state index in [4.69, 9.17) is 0 Å². The Balaban J connectivity index is 2.02. The van der Waals surface area contributed by atoms with E-state index in [1.165, 1.54) is 11.3 Å². The molecular weight excluding hydrogens is 236 g/mol. The Labute approximate surface area is 104 Å². The summed E-state index contributed by atoms with van der Waals surface area (Å²) in [4.78, 5) is 24.4. The molecule has 1 saturated heterocycles. The second-order valence-corrected chi connectivity index (χ2v) is 5.16. The van der Waals surface area contributed by atoms with Crippen LogP contribution in [-0.2, 0) is 4.79 Å². The standard InChI is InChI=1S/C12H16N2O2S/c1-8-5-7-17-10(8)12(16)14-9-4-2-3-6-13-11(9)15/h5,7,9H,2-4,6H2,1H3,(H,13,15)(H,14,16)/t9-/m1/s1. The summed E-state index contributed by atoms with van der Waals surface area (Å²) in [5.41, 5.74) is 0.960. The lowest BCUT2D eigenvalue weighted by Crippen LogP contribution is -2.45. The zero-order chi connectivity index (χ0) is 12.3. The van der Waals surface area contributed by atoms with Crippen LogP contribution in [0.15, 0.2) is 11.4 Å². The van der Waals surface area contributed by atoms with E-state index >= 15 is 0 Å². The molecule has 1 atom stereocenters. The Morgan fingerprint density at radius 1 is 1.53 bits per heavy atom. The third-order valence-corrected chi connectivity index (χ3v) is 3.92. The van der Waals surface area contributed by atoms with Crippen molar-refractivity contribution in [2.24, 2.45) is 0 Å². The van der Waals surface area contributed by atoms with Crippen LogP contribution in [0, 0.1) is 6.92 Å². The molecule has 17 heavy (non-hydrogen) atoms. The molecule has 0 saturated carbocycles. The zero-order valence-corrected chi connectivity index (χ0v) is 10.6. The van der Waals surface area contributed by atoms with Gasteiger partial charge in [-0.1, -0.05) is 0 Å². The number of hydrogen-bond donors (Lipinski definition) is 2. The van der Waals surface area contributed by atoms with Crippen molar-refractivity contribution in [2.45, 2.75) is 32.2 Å². The Morgan fingerprint density at radius 2 is 2.35 bits per heavy atom. The number of thiophene rings is 1. The Bertz CT molecular complexity index is 428. The Kier molecular flexibility index (Phi) is 3.78. The second-order valence-electron chi connectivity index (χ2n) is 4.25. The van der Waals surface area contributed by atoms with Gasteiger partial charge < -0.3 is 10.6 Å². The molecule has 0 aliphatic carbocycles. The van der Waals surface area contributed by atoms with Gasteiger partial charge in [-0.3, -0.25) is 9.59 Å². The van der Waals surface area contributed by atoms with Gasteiger partial charge >= 0.3 is 0 Å². The van der Waals surface area contributed by atoms with Crippen LogP contribution >= 0.6 is 11.3 Å². The minimum absolute atomic E-state index is 0.0648. The van der Waals surface area contributed by atoms with Crippen molar-refractivity contribution in [2.75, 3.05) is 6.54 Å². The highest BCUT2D eigenvalue weighted by atomic mass is 32.1. The van der Waals surface area contributed by atoms with Crippen LogP contribution in [0.5, 0.6) is 0 Å². The topological polar surface area (TPSA) is 58.2 Å². The van der Waals surface area contributed by atoms with Crippen molar-refractivity contribution in [1.29, 1.82) is 0 Å². The monoisotopic (exact) mass is 252 g/mol. The summed E-state index contributed by atoms with van der Waals surface area (Å²) >= 11 is 1.41. The van der Waals surface area contributed by atoms with Crippen LogP contribution in [-0.4, -0.2) is 24.4 Å². The number of rotatable bonds is 2. The highest BCUT2D eigenvalue weighted by Crippen LogP contribution is 2.16. The maximum atomic E-state index is 12.0. The quantitative estimate of drug-likeness (QED) is 0.837. The molecule has 2 rings (SSSR count). The molecule has 0 radical (unpaired) electrons. The normalized spacial score (nSPS) is 20.5. The molecule has 1 aromatic rings. The average Bonchev–Trinajstić information content (AvgIpc) is 2.63. The molecule has 2 amide bonds. The lowest BCUT2D eigenvalue weighted by Gasteiger charge is -2.14. The van der Waals surface area contributed by atoms with Crippen molar-refractivity contribution in [3.8, 4) is 0 Å². The zero-order valence-electron chi connectivity index (χ0n) is 9.79. The van der Waals surface area contributed by atoms with Gasteiger partial charge in [0.15, 0.2) is 0 Å². The van der Waals surface area contributed by atoms with Crippen LogP contribution in [0.1, 0.15) is 34.5 Å². The molecule has 1 aliphatic heterocycles. The lowest BCUT2D eigenvalue weighted by atomic mass is 10.1. The first-order valence-corrected chi connectivity index (χ1v) is 6.69. The van der Waals surface area contributed by atoms with Crippen LogP contribution in [0.2, 0.25) is 0 Å². The van der Waals surface area contributed by atoms with Gasteiger partial charge in [0.2, 0.25) is 5.91 Å². The van der Waals surface area contributed by atoms with Gasteiger partial charge in [-0.15, -0.1) is 11.3 Å². The summed E-state index contributed by atoms with van der Waals surface area (Å²) in [5, 5.41) is 7.51. The minimum atomic E-state index is -0.383. The van der Waals surface area contributed by atoms with Crippen LogP contribution in [0.25, 0.3) is 0 Å². The summed E-state index contributed by atoms with van der Waals surface area (Å²) in [5.74, 6) is -0.204. The van der Waals surface area contributed by atoms with E-state index in [0.29, 0.717) is 11.4 Å². The maximum absolute atomic E-state index is 12.0. The number of amides is 2. The number of nitrogens with one attached hydrogen (secondary N) is 2. The van der Waals surface area contributed by atoms with Crippen LogP contribution < -0.4 is 10.6 Å². The van der Waals surface area contributed by atoms with Crippen molar-refractivity contribution in [1.82, 2.24) is 10.6 Å². The van der Waals surface area contributed by atoms with Gasteiger partial charge in [0, 0.05) is 6.54 Å². The van der Waals surface area contributed by atoms with E-state index in [9.17, 15) is 9.59 Å². The van der Waals surface area contributed by atoms with E-state index in [-0.39, 0.29) is 17.9 Å². The Hall–Kier alpha value is -1.36. The maximum Gasteiger partial charge on any atom is 0.262 e. The molecule has 1 aliphatic rings. The highest BCUT2D eigenvalue weighted by Gasteiger charge is 2.23. The van der Waals surface area contributed by atoms with E-state index < -0.39 is 0 Å². The van der Waals surface area contributed by atoms with Gasteiger partial charge in [-0.2, -0.15) is 0 Å². The van der Waals surface area contributed by atoms with E-state index in [1.807, 2.05) is 18.4 Å². The Morgan fingerprint density at radius 3 is 3.06 bits per heavy atom. The fourth-order valence-electron chi connectivity index (χ4n) is 1.91. The first-order chi connectivity index (χ1) is 8.18. The van der Waals surface area contributed by atoms with Gasteiger partial charge in [0.25, 0.3) is 5.91 Å². The largest absolute Gasteiger partial charge is 0.354 e. The fourth-order valence-corrected chi connectivity index (χ4v) is 2.73. The molecular formula is C12H16N2O2S. The van der Waals surface area contributed by atoms with Crippen LogP contribution in [0.4, 0.5) is 0 Å². The number of carbonyl (C=O) groups excluding carboxylic acids is 2. The van der Waals surface area contributed by atoms with E-state index in [2.05, 4.69) is 10.6 Å². The summed E-state index contributed by atoms with van der Waals surface area (Å²) < 4.78 is 0. The summed E-state index contributed by atoms with van der Waals surface area (Å²) in [6, 6.07) is 1.53. The summed E-state index contributed by atoms with van der Waals surface area (Å²) in [7, 11) is 0. The predicted molar refractivity (Wildman–Crippen MR) is 67.2 cm³/mol. The second kappa shape index (κ2) is 5.31. The summed E-state index contributed by atoms with van der Waals surface area (Å²) in [6.45, 7) is 2.61. The fraction of sp³-hybridized carbons (Fsp3) is 0.500. The number of hydrogen-bond acceptors (Lipinski definition) is 3. The molecule has 92 valence electrons.